The fourth-order valence-electron chi connectivity index (χ4n) is 2.19. The third kappa shape index (κ3) is 4.21. The molecular formula is C16H18N2O3. The van der Waals surface area contributed by atoms with E-state index in [0.717, 1.165) is 22.4 Å². The highest BCUT2D eigenvalue weighted by molar-refractivity contribution is 5.78. The summed E-state index contributed by atoms with van der Waals surface area (Å²) in [5.74, 6) is -0.968. The lowest BCUT2D eigenvalue weighted by Crippen LogP contribution is -2.25. The van der Waals surface area contributed by atoms with Crippen LogP contribution in [0.5, 0.6) is 0 Å². The number of hydrogen-bond acceptors (Lipinski definition) is 2. The van der Waals surface area contributed by atoms with Gasteiger partial charge in [-0.05, 0) is 23.6 Å². The van der Waals surface area contributed by atoms with Gasteiger partial charge in [0.05, 0.1) is 19.4 Å². The molecule has 1 amide bonds. The van der Waals surface area contributed by atoms with Gasteiger partial charge >= 0.3 is 5.97 Å². The molecule has 2 rings (SSSR count). The molecule has 0 radical (unpaired) electrons. The number of hydrogen-bond donors (Lipinski definition) is 3. The summed E-state index contributed by atoms with van der Waals surface area (Å²) in [6, 6.07) is 9.48. The summed E-state index contributed by atoms with van der Waals surface area (Å²) in [6.45, 7) is 2.16. The van der Waals surface area contributed by atoms with Crippen LogP contribution in [0.15, 0.2) is 36.5 Å². The molecule has 1 aromatic carbocycles. The molecule has 0 saturated carbocycles. The fraction of sp³-hybridized carbons (Fsp3) is 0.250. The average molecular weight is 286 g/mol. The van der Waals surface area contributed by atoms with Crippen molar-refractivity contribution >= 4 is 11.9 Å². The number of carboxylic acids is 1. The normalized spacial score (nSPS) is 10.3. The van der Waals surface area contributed by atoms with Crippen LogP contribution in [0.25, 0.3) is 0 Å². The van der Waals surface area contributed by atoms with Crippen molar-refractivity contribution in [3.63, 3.8) is 0 Å². The molecule has 0 unspecified atom stereocenters. The smallest absolute Gasteiger partial charge is 0.307 e. The first-order chi connectivity index (χ1) is 10.1. The molecule has 0 atom stereocenters. The second-order valence-corrected chi connectivity index (χ2v) is 4.94. The van der Waals surface area contributed by atoms with Gasteiger partial charge in [-0.2, -0.15) is 0 Å². The van der Waals surface area contributed by atoms with Crippen molar-refractivity contribution in [3.05, 3.63) is 58.9 Å². The summed E-state index contributed by atoms with van der Waals surface area (Å²) < 4.78 is 0. The second-order valence-electron chi connectivity index (χ2n) is 4.94. The number of aliphatic carboxylic acids is 1. The Kier molecular flexibility index (Phi) is 4.77. The van der Waals surface area contributed by atoms with Gasteiger partial charge in [0.1, 0.15) is 0 Å². The van der Waals surface area contributed by atoms with Crippen LogP contribution in [0.1, 0.15) is 22.4 Å². The number of carboxylic acid groups (broad SMARTS) is 1. The predicted octanol–water partition coefficient (Wildman–Crippen LogP) is 1.81. The second kappa shape index (κ2) is 6.74. The summed E-state index contributed by atoms with van der Waals surface area (Å²) in [5.41, 5.74) is 3.33. The Balaban J connectivity index is 1.94. The molecule has 0 aliphatic carbocycles. The maximum Gasteiger partial charge on any atom is 0.307 e. The summed E-state index contributed by atoms with van der Waals surface area (Å²) in [6.07, 6.45) is 2.03. The molecule has 0 bridgehead atoms. The number of aryl methyl sites for hydroxylation is 1. The van der Waals surface area contributed by atoms with Crippen molar-refractivity contribution in [2.75, 3.05) is 0 Å². The van der Waals surface area contributed by atoms with Crippen molar-refractivity contribution in [1.29, 1.82) is 0 Å². The molecule has 0 saturated heterocycles. The maximum atomic E-state index is 11.9. The Bertz CT molecular complexity index is 632. The van der Waals surface area contributed by atoms with Crippen molar-refractivity contribution in [2.45, 2.75) is 26.3 Å². The van der Waals surface area contributed by atoms with Crippen molar-refractivity contribution in [2.24, 2.45) is 0 Å². The van der Waals surface area contributed by atoms with Crippen LogP contribution in [0.3, 0.4) is 0 Å². The molecular weight excluding hydrogens is 268 g/mol. The Morgan fingerprint density at radius 3 is 2.57 bits per heavy atom. The van der Waals surface area contributed by atoms with Crippen LogP contribution >= 0.6 is 0 Å². The van der Waals surface area contributed by atoms with Gasteiger partial charge in [-0.15, -0.1) is 0 Å². The van der Waals surface area contributed by atoms with Gasteiger partial charge in [0.2, 0.25) is 5.91 Å². The lowest BCUT2D eigenvalue weighted by molar-refractivity contribution is -0.136. The zero-order valence-corrected chi connectivity index (χ0v) is 11.8. The average Bonchev–Trinajstić information content (AvgIpc) is 2.78. The zero-order valence-electron chi connectivity index (χ0n) is 11.8. The summed E-state index contributed by atoms with van der Waals surface area (Å²) in [4.78, 5) is 25.8. The minimum Gasteiger partial charge on any atom is -0.481 e. The van der Waals surface area contributed by atoms with Crippen molar-refractivity contribution < 1.29 is 14.7 Å². The lowest BCUT2D eigenvalue weighted by Gasteiger charge is -2.07. The third-order valence-electron chi connectivity index (χ3n) is 3.30. The van der Waals surface area contributed by atoms with Crippen LogP contribution in [0, 0.1) is 6.92 Å². The number of aromatic nitrogens is 1. The number of benzene rings is 1. The monoisotopic (exact) mass is 286 g/mol. The summed E-state index contributed by atoms with van der Waals surface area (Å²) in [7, 11) is 0. The molecule has 2 aromatic rings. The minimum absolute atomic E-state index is 0.0424. The van der Waals surface area contributed by atoms with Crippen molar-refractivity contribution in [3.8, 4) is 0 Å². The third-order valence-corrected chi connectivity index (χ3v) is 3.30. The number of nitrogens with one attached hydrogen (secondary N) is 2. The Hall–Kier alpha value is -2.56. The van der Waals surface area contributed by atoms with E-state index < -0.39 is 5.97 Å². The number of aromatic amines is 1. The van der Waals surface area contributed by atoms with E-state index in [-0.39, 0.29) is 12.3 Å². The number of carbonyl (C=O) groups excluding carboxylic acids is 1. The lowest BCUT2D eigenvalue weighted by atomic mass is 10.1. The predicted molar refractivity (Wildman–Crippen MR) is 78.9 cm³/mol. The Labute approximate surface area is 123 Å². The zero-order chi connectivity index (χ0) is 15.2. The molecule has 0 spiro atoms. The topological polar surface area (TPSA) is 82.2 Å². The van der Waals surface area contributed by atoms with Gasteiger partial charge in [0.15, 0.2) is 0 Å². The molecule has 0 aliphatic heterocycles. The maximum absolute atomic E-state index is 11.9. The number of H-pyrrole nitrogens is 1. The van der Waals surface area contributed by atoms with Gasteiger partial charge < -0.3 is 15.4 Å². The number of carbonyl (C=O) groups is 2. The fourth-order valence-corrected chi connectivity index (χ4v) is 2.19. The van der Waals surface area contributed by atoms with Crippen LogP contribution in [-0.4, -0.2) is 22.0 Å². The van der Waals surface area contributed by atoms with Gasteiger partial charge in [-0.1, -0.05) is 30.3 Å². The van der Waals surface area contributed by atoms with Gasteiger partial charge in [-0.25, -0.2) is 0 Å². The van der Waals surface area contributed by atoms with Crippen molar-refractivity contribution in [1.82, 2.24) is 10.3 Å². The summed E-state index contributed by atoms with van der Waals surface area (Å²) >= 11 is 0. The van der Waals surface area contributed by atoms with E-state index in [9.17, 15) is 9.59 Å². The Morgan fingerprint density at radius 2 is 1.90 bits per heavy atom. The molecule has 1 heterocycles. The van der Waals surface area contributed by atoms with Crippen LogP contribution in [0.2, 0.25) is 0 Å². The van der Waals surface area contributed by atoms with Crippen LogP contribution in [0.4, 0.5) is 0 Å². The van der Waals surface area contributed by atoms with E-state index in [1.807, 2.05) is 37.3 Å². The molecule has 5 nitrogen and oxygen atoms in total. The van der Waals surface area contributed by atoms with Crippen LogP contribution < -0.4 is 5.32 Å². The van der Waals surface area contributed by atoms with E-state index in [1.54, 1.807) is 6.20 Å². The molecule has 3 N–H and O–H groups in total. The van der Waals surface area contributed by atoms with E-state index in [1.165, 1.54) is 0 Å². The van der Waals surface area contributed by atoms with E-state index in [2.05, 4.69) is 10.3 Å². The largest absolute Gasteiger partial charge is 0.481 e. The molecule has 5 heteroatoms. The van der Waals surface area contributed by atoms with Crippen LogP contribution in [-0.2, 0) is 29.0 Å². The number of amides is 1. The molecule has 110 valence electrons. The standard InChI is InChI=1S/C16H18N2O3/c1-11-9-17-14(13(11)8-16(20)21)10-18-15(19)7-12-5-3-2-4-6-12/h2-6,9,17H,7-8,10H2,1H3,(H,18,19)(H,20,21). The van der Waals surface area contributed by atoms with E-state index in [0.29, 0.717) is 13.0 Å². The quantitative estimate of drug-likeness (QED) is 0.757. The van der Waals surface area contributed by atoms with Gasteiger partial charge in [0.25, 0.3) is 0 Å². The van der Waals surface area contributed by atoms with Gasteiger partial charge in [0, 0.05) is 11.9 Å². The Morgan fingerprint density at radius 1 is 1.19 bits per heavy atom. The molecule has 0 aliphatic rings. The van der Waals surface area contributed by atoms with E-state index in [4.69, 9.17) is 5.11 Å². The first-order valence-electron chi connectivity index (χ1n) is 6.74. The molecule has 0 fully saturated rings. The molecule has 21 heavy (non-hydrogen) atoms. The van der Waals surface area contributed by atoms with E-state index >= 15 is 0 Å². The highest BCUT2D eigenvalue weighted by Gasteiger charge is 2.12. The SMILES string of the molecule is Cc1c[nH]c(CNC(=O)Cc2ccccc2)c1CC(=O)O. The highest BCUT2D eigenvalue weighted by Crippen LogP contribution is 2.14. The highest BCUT2D eigenvalue weighted by atomic mass is 16.4. The molecule has 1 aromatic heterocycles. The minimum atomic E-state index is -0.880. The summed E-state index contributed by atoms with van der Waals surface area (Å²) in [5, 5.41) is 11.7. The number of rotatable bonds is 6. The first-order valence-corrected chi connectivity index (χ1v) is 6.74. The van der Waals surface area contributed by atoms with Gasteiger partial charge in [-0.3, -0.25) is 9.59 Å². The first kappa shape index (κ1) is 14.8.